The van der Waals surface area contributed by atoms with E-state index in [9.17, 15) is 4.79 Å². The summed E-state index contributed by atoms with van der Waals surface area (Å²) in [5, 5.41) is 0. The topological polar surface area (TPSA) is 131 Å². The van der Waals surface area contributed by atoms with Crippen LogP contribution in [-0.4, -0.2) is 183 Å². The number of carbonyl (C=O) groups is 1. The lowest BCUT2D eigenvalue weighted by Gasteiger charge is -2.10. The Balaban J connectivity index is 3.08. The molecule has 0 aliphatic heterocycles. The second kappa shape index (κ2) is 41.2. The van der Waals surface area contributed by atoms with Crippen molar-refractivity contribution in [3.63, 3.8) is 0 Å². The van der Waals surface area contributed by atoms with Crippen LogP contribution in [0.4, 0.5) is 0 Å². The monoisotopic (exact) mass is 685 g/mol. The van der Waals surface area contributed by atoms with Gasteiger partial charge < -0.3 is 61.7 Å². The highest BCUT2D eigenvalue weighted by atomic mass is 16.6. The zero-order valence-corrected chi connectivity index (χ0v) is 29.8. The van der Waals surface area contributed by atoms with E-state index >= 15 is 0 Å². The summed E-state index contributed by atoms with van der Waals surface area (Å²) >= 11 is 0. The molecule has 0 saturated heterocycles. The minimum Gasteiger partial charge on any atom is -0.463 e. The molecule has 0 aliphatic rings. The first-order chi connectivity index (χ1) is 23.2. The molecule has 0 aromatic heterocycles. The third-order valence-corrected chi connectivity index (χ3v) is 6.13. The Hall–Kier alpha value is -1.01. The number of esters is 1. The summed E-state index contributed by atoms with van der Waals surface area (Å²) in [6, 6.07) is 0. The SMILES string of the molecule is CCCCCCC(=O)OCCOCCOCCOCCOCCOCCOCCOCCOCCOCCOCCOCCN(C)C. The molecule has 0 aliphatic carbocycles. The number of likely N-dealkylation sites (N-methyl/N-ethyl adjacent to an activating group) is 1. The van der Waals surface area contributed by atoms with Crippen LogP contribution in [0.5, 0.6) is 0 Å². The van der Waals surface area contributed by atoms with Gasteiger partial charge in [0.05, 0.1) is 145 Å². The van der Waals surface area contributed by atoms with Crippen molar-refractivity contribution in [2.75, 3.05) is 173 Å². The number of hydrogen-bond acceptors (Lipinski definition) is 14. The van der Waals surface area contributed by atoms with Crippen molar-refractivity contribution in [3.8, 4) is 0 Å². The van der Waals surface area contributed by atoms with Crippen LogP contribution in [0, 0.1) is 0 Å². The lowest BCUT2D eigenvalue weighted by Crippen LogP contribution is -2.19. The van der Waals surface area contributed by atoms with Gasteiger partial charge in [0.25, 0.3) is 0 Å². The van der Waals surface area contributed by atoms with Crippen molar-refractivity contribution in [1.82, 2.24) is 4.90 Å². The molecule has 0 fully saturated rings. The van der Waals surface area contributed by atoms with Gasteiger partial charge in [-0.1, -0.05) is 26.2 Å². The van der Waals surface area contributed by atoms with Gasteiger partial charge in [-0.25, -0.2) is 0 Å². The first-order valence-corrected chi connectivity index (χ1v) is 17.3. The summed E-state index contributed by atoms with van der Waals surface area (Å²) in [6.07, 6.45) is 4.76. The van der Waals surface area contributed by atoms with Crippen LogP contribution in [0.2, 0.25) is 0 Å². The van der Waals surface area contributed by atoms with Crippen molar-refractivity contribution < 1.29 is 61.6 Å². The van der Waals surface area contributed by atoms with Crippen LogP contribution < -0.4 is 0 Å². The number of carbonyl (C=O) groups excluding carboxylic acids is 1. The van der Waals surface area contributed by atoms with Gasteiger partial charge in [0.15, 0.2) is 0 Å². The molecule has 0 amide bonds. The first-order valence-electron chi connectivity index (χ1n) is 17.3. The van der Waals surface area contributed by atoms with Gasteiger partial charge in [0.2, 0.25) is 0 Å². The lowest BCUT2D eigenvalue weighted by atomic mass is 10.2. The maximum absolute atomic E-state index is 11.5. The van der Waals surface area contributed by atoms with Crippen LogP contribution in [0.3, 0.4) is 0 Å². The minimum absolute atomic E-state index is 0.152. The predicted octanol–water partition coefficient (Wildman–Crippen LogP) is 2.24. The molecule has 0 radical (unpaired) electrons. The Morgan fingerprint density at radius 3 is 0.936 bits per heavy atom. The quantitative estimate of drug-likeness (QED) is 0.0689. The van der Waals surface area contributed by atoms with E-state index in [0.717, 1.165) is 32.2 Å². The maximum Gasteiger partial charge on any atom is 0.305 e. The average molecular weight is 686 g/mol. The van der Waals surface area contributed by atoms with Crippen molar-refractivity contribution in [2.24, 2.45) is 0 Å². The largest absolute Gasteiger partial charge is 0.463 e. The Morgan fingerprint density at radius 1 is 0.383 bits per heavy atom. The zero-order valence-electron chi connectivity index (χ0n) is 29.8. The molecular formula is C33H67NO13. The van der Waals surface area contributed by atoms with Crippen LogP contribution in [0.15, 0.2) is 0 Å². The Labute approximate surface area is 284 Å². The molecule has 0 aromatic rings. The number of nitrogens with zero attached hydrogens (tertiary/aromatic N) is 1. The molecule has 0 heterocycles. The molecule has 0 saturated carbocycles. The molecule has 0 unspecified atom stereocenters. The fraction of sp³-hybridized carbons (Fsp3) is 0.970. The van der Waals surface area contributed by atoms with Crippen molar-refractivity contribution in [2.45, 2.75) is 39.0 Å². The van der Waals surface area contributed by atoms with Crippen LogP contribution >= 0.6 is 0 Å². The second-order valence-corrected chi connectivity index (χ2v) is 10.6. The third-order valence-electron chi connectivity index (χ3n) is 6.13. The summed E-state index contributed by atoms with van der Waals surface area (Å²) in [5.41, 5.74) is 0. The molecule has 0 aromatic carbocycles. The number of ether oxygens (including phenoxy) is 12. The Bertz CT molecular complexity index is 605. The predicted molar refractivity (Wildman–Crippen MR) is 177 cm³/mol. The summed E-state index contributed by atoms with van der Waals surface area (Å²) in [5.74, 6) is -0.152. The smallest absolute Gasteiger partial charge is 0.305 e. The fourth-order valence-corrected chi connectivity index (χ4v) is 3.53. The van der Waals surface area contributed by atoms with E-state index in [2.05, 4.69) is 11.8 Å². The standard InChI is InChI=1S/C33H67NO13/c1-4-5-6-7-8-33(35)47-32-31-46-30-29-45-28-27-44-26-25-43-24-23-42-22-21-41-20-19-40-18-17-39-16-15-38-14-13-37-12-11-36-10-9-34(2)3/h4-32H2,1-3H3. The average Bonchev–Trinajstić information content (AvgIpc) is 3.06. The van der Waals surface area contributed by atoms with Crippen LogP contribution in [0.1, 0.15) is 39.0 Å². The highest BCUT2D eigenvalue weighted by Crippen LogP contribution is 2.03. The number of hydrogen-bond donors (Lipinski definition) is 0. The second-order valence-electron chi connectivity index (χ2n) is 10.6. The van der Waals surface area contributed by atoms with Gasteiger partial charge in [-0.2, -0.15) is 0 Å². The van der Waals surface area contributed by atoms with Gasteiger partial charge in [-0.15, -0.1) is 0 Å². The van der Waals surface area contributed by atoms with E-state index in [1.807, 2.05) is 14.1 Å². The summed E-state index contributed by atoms with van der Waals surface area (Å²) < 4.78 is 65.2. The highest BCUT2D eigenvalue weighted by Gasteiger charge is 2.02. The molecule has 0 atom stereocenters. The Kier molecular flexibility index (Phi) is 40.3. The third kappa shape index (κ3) is 43.0. The lowest BCUT2D eigenvalue weighted by molar-refractivity contribution is -0.145. The molecule has 14 nitrogen and oxygen atoms in total. The highest BCUT2D eigenvalue weighted by molar-refractivity contribution is 5.69. The summed E-state index contributed by atoms with van der Waals surface area (Å²) in [4.78, 5) is 13.6. The molecule has 282 valence electrons. The molecule has 0 rings (SSSR count). The Morgan fingerprint density at radius 2 is 0.660 bits per heavy atom. The minimum atomic E-state index is -0.152. The molecule has 47 heavy (non-hydrogen) atoms. The molecular weight excluding hydrogens is 618 g/mol. The molecule has 0 bridgehead atoms. The van der Waals surface area contributed by atoms with Crippen LogP contribution in [-0.2, 0) is 61.6 Å². The normalized spacial score (nSPS) is 11.6. The van der Waals surface area contributed by atoms with Crippen LogP contribution in [0.25, 0.3) is 0 Å². The van der Waals surface area contributed by atoms with Gasteiger partial charge in [-0.05, 0) is 20.5 Å². The van der Waals surface area contributed by atoms with E-state index in [0.29, 0.717) is 152 Å². The van der Waals surface area contributed by atoms with Gasteiger partial charge in [0, 0.05) is 13.0 Å². The van der Waals surface area contributed by atoms with Gasteiger partial charge >= 0.3 is 5.97 Å². The van der Waals surface area contributed by atoms with E-state index < -0.39 is 0 Å². The molecule has 0 spiro atoms. The van der Waals surface area contributed by atoms with Gasteiger partial charge in [0.1, 0.15) is 6.61 Å². The summed E-state index contributed by atoms with van der Waals surface area (Å²) in [6.45, 7) is 14.7. The number of rotatable bonds is 41. The molecule has 14 heteroatoms. The van der Waals surface area contributed by atoms with E-state index in [1.165, 1.54) is 0 Å². The van der Waals surface area contributed by atoms with Gasteiger partial charge in [-0.3, -0.25) is 4.79 Å². The summed E-state index contributed by atoms with van der Waals surface area (Å²) in [7, 11) is 4.04. The van der Waals surface area contributed by atoms with E-state index in [4.69, 9.17) is 56.8 Å². The van der Waals surface area contributed by atoms with E-state index in [-0.39, 0.29) is 12.6 Å². The molecule has 0 N–H and O–H groups in total. The van der Waals surface area contributed by atoms with Crippen molar-refractivity contribution in [1.29, 1.82) is 0 Å². The van der Waals surface area contributed by atoms with Crippen molar-refractivity contribution in [3.05, 3.63) is 0 Å². The number of unbranched alkanes of at least 4 members (excludes halogenated alkanes) is 3. The van der Waals surface area contributed by atoms with Crippen molar-refractivity contribution >= 4 is 5.97 Å². The fourth-order valence-electron chi connectivity index (χ4n) is 3.53. The maximum atomic E-state index is 11.5. The first kappa shape index (κ1) is 46.0. The zero-order chi connectivity index (χ0) is 34.1. The van der Waals surface area contributed by atoms with E-state index in [1.54, 1.807) is 0 Å².